The maximum atomic E-state index is 12.5. The van der Waals surface area contributed by atoms with Gasteiger partial charge in [-0.05, 0) is 25.6 Å². The minimum absolute atomic E-state index is 0.154. The van der Waals surface area contributed by atoms with Gasteiger partial charge in [-0.25, -0.2) is 8.42 Å². The fourth-order valence-electron chi connectivity index (χ4n) is 2.71. The van der Waals surface area contributed by atoms with Crippen molar-refractivity contribution < 1.29 is 13.2 Å². The van der Waals surface area contributed by atoms with Gasteiger partial charge >= 0.3 is 0 Å². The predicted molar refractivity (Wildman–Crippen MR) is 84.7 cm³/mol. The first kappa shape index (κ1) is 16.3. The second-order valence-corrected chi connectivity index (χ2v) is 7.34. The van der Waals surface area contributed by atoms with Gasteiger partial charge in [0.2, 0.25) is 0 Å². The number of likely N-dealkylation sites (N-methyl/N-ethyl adjacent to an activating group) is 1. The van der Waals surface area contributed by atoms with Gasteiger partial charge in [0.1, 0.15) is 0 Å². The molecule has 0 aliphatic carbocycles. The molecule has 5 nitrogen and oxygen atoms in total. The van der Waals surface area contributed by atoms with Gasteiger partial charge < -0.3 is 15.0 Å². The SMILES string of the molecule is CCCS(=O)(=O)c1ccccc1N1CCOCC1CNC. The van der Waals surface area contributed by atoms with Crippen molar-refractivity contribution in [3.05, 3.63) is 24.3 Å². The summed E-state index contributed by atoms with van der Waals surface area (Å²) in [6.45, 7) is 4.61. The van der Waals surface area contributed by atoms with E-state index in [1.807, 2.05) is 26.1 Å². The van der Waals surface area contributed by atoms with Gasteiger partial charge in [0.05, 0.1) is 35.6 Å². The number of morpholine rings is 1. The smallest absolute Gasteiger partial charge is 0.180 e. The van der Waals surface area contributed by atoms with E-state index in [2.05, 4.69) is 10.2 Å². The molecule has 1 aromatic carbocycles. The summed E-state index contributed by atoms with van der Waals surface area (Å²) >= 11 is 0. The molecule has 1 unspecified atom stereocenters. The maximum Gasteiger partial charge on any atom is 0.180 e. The fourth-order valence-corrected chi connectivity index (χ4v) is 4.26. The van der Waals surface area contributed by atoms with Crippen molar-refractivity contribution in [1.29, 1.82) is 0 Å². The van der Waals surface area contributed by atoms with Crippen LogP contribution in [-0.2, 0) is 14.6 Å². The highest BCUT2D eigenvalue weighted by atomic mass is 32.2. The van der Waals surface area contributed by atoms with Crippen molar-refractivity contribution >= 4 is 15.5 Å². The molecule has 118 valence electrons. The van der Waals surface area contributed by atoms with Crippen LogP contribution in [0.2, 0.25) is 0 Å². The lowest BCUT2D eigenvalue weighted by Crippen LogP contribution is -2.50. The average Bonchev–Trinajstić information content (AvgIpc) is 2.48. The highest BCUT2D eigenvalue weighted by Crippen LogP contribution is 2.29. The molecule has 21 heavy (non-hydrogen) atoms. The third-order valence-electron chi connectivity index (χ3n) is 3.65. The van der Waals surface area contributed by atoms with Crippen LogP contribution in [0.4, 0.5) is 5.69 Å². The molecule has 1 heterocycles. The highest BCUT2D eigenvalue weighted by Gasteiger charge is 2.27. The zero-order valence-electron chi connectivity index (χ0n) is 12.7. The van der Waals surface area contributed by atoms with Gasteiger partial charge in [0.25, 0.3) is 0 Å². The number of benzene rings is 1. The van der Waals surface area contributed by atoms with Crippen LogP contribution in [0.5, 0.6) is 0 Å². The van der Waals surface area contributed by atoms with Crippen LogP contribution in [-0.4, -0.2) is 53.6 Å². The highest BCUT2D eigenvalue weighted by molar-refractivity contribution is 7.91. The molecule has 1 fully saturated rings. The summed E-state index contributed by atoms with van der Waals surface area (Å²) in [6, 6.07) is 7.45. The second kappa shape index (κ2) is 7.24. The molecule has 1 atom stereocenters. The molecule has 0 aromatic heterocycles. The quantitative estimate of drug-likeness (QED) is 0.858. The first-order valence-corrected chi connectivity index (χ1v) is 9.06. The van der Waals surface area contributed by atoms with Crippen LogP contribution >= 0.6 is 0 Å². The van der Waals surface area contributed by atoms with Gasteiger partial charge in [0, 0.05) is 13.1 Å². The molecule has 0 amide bonds. The number of ether oxygens (including phenoxy) is 1. The Morgan fingerprint density at radius 2 is 2.14 bits per heavy atom. The fraction of sp³-hybridized carbons (Fsp3) is 0.600. The largest absolute Gasteiger partial charge is 0.377 e. The zero-order valence-corrected chi connectivity index (χ0v) is 13.5. The zero-order chi connectivity index (χ0) is 15.3. The van der Waals surface area contributed by atoms with E-state index in [9.17, 15) is 8.42 Å². The van der Waals surface area contributed by atoms with Gasteiger partial charge in [-0.15, -0.1) is 0 Å². The van der Waals surface area contributed by atoms with Crippen LogP contribution in [0.15, 0.2) is 29.2 Å². The van der Waals surface area contributed by atoms with Crippen LogP contribution in [0, 0.1) is 0 Å². The number of nitrogens with one attached hydrogen (secondary N) is 1. The van der Waals surface area contributed by atoms with Crippen LogP contribution in [0.1, 0.15) is 13.3 Å². The summed E-state index contributed by atoms with van der Waals surface area (Å²) in [7, 11) is -1.34. The third-order valence-corrected chi connectivity index (χ3v) is 5.61. The van der Waals surface area contributed by atoms with Crippen molar-refractivity contribution in [3.8, 4) is 0 Å². The summed E-state index contributed by atoms with van der Waals surface area (Å²) in [5, 5.41) is 3.15. The van der Waals surface area contributed by atoms with E-state index >= 15 is 0 Å². The summed E-state index contributed by atoms with van der Waals surface area (Å²) in [5.41, 5.74) is 0.800. The molecule has 1 aliphatic rings. The number of hydrogen-bond acceptors (Lipinski definition) is 5. The minimum Gasteiger partial charge on any atom is -0.377 e. The minimum atomic E-state index is -3.23. The maximum absolute atomic E-state index is 12.5. The summed E-state index contributed by atoms with van der Waals surface area (Å²) in [4.78, 5) is 2.59. The molecule has 2 rings (SSSR count). The van der Waals surface area contributed by atoms with Crippen molar-refractivity contribution in [3.63, 3.8) is 0 Å². The molecule has 1 aromatic rings. The Labute approximate surface area is 127 Å². The predicted octanol–water partition coefficient (Wildman–Crippen LogP) is 1.29. The Balaban J connectivity index is 2.38. The number of rotatable bonds is 6. The van der Waals surface area contributed by atoms with Crippen LogP contribution in [0.25, 0.3) is 0 Å². The second-order valence-electron chi connectivity index (χ2n) is 5.27. The summed E-state index contributed by atoms with van der Waals surface area (Å²) in [5.74, 6) is 0.186. The lowest BCUT2D eigenvalue weighted by atomic mass is 10.2. The first-order valence-electron chi connectivity index (χ1n) is 7.41. The monoisotopic (exact) mass is 312 g/mol. The van der Waals surface area contributed by atoms with E-state index in [0.717, 1.165) is 12.2 Å². The summed E-state index contributed by atoms with van der Waals surface area (Å²) < 4.78 is 30.5. The van der Waals surface area contributed by atoms with Crippen LogP contribution < -0.4 is 10.2 Å². The van der Waals surface area contributed by atoms with Crippen molar-refractivity contribution in [2.75, 3.05) is 44.0 Å². The molecule has 0 radical (unpaired) electrons. The molecule has 0 saturated carbocycles. The number of nitrogens with zero attached hydrogens (tertiary/aromatic N) is 1. The summed E-state index contributed by atoms with van der Waals surface area (Å²) in [6.07, 6.45) is 0.625. The van der Waals surface area contributed by atoms with Crippen molar-refractivity contribution in [2.24, 2.45) is 0 Å². The van der Waals surface area contributed by atoms with E-state index in [4.69, 9.17) is 4.74 Å². The molecule has 1 aliphatic heterocycles. The van der Waals surface area contributed by atoms with Gasteiger partial charge in [0.15, 0.2) is 9.84 Å². The molecular formula is C15H24N2O3S. The van der Waals surface area contributed by atoms with Gasteiger partial charge in [-0.2, -0.15) is 0 Å². The van der Waals surface area contributed by atoms with E-state index in [1.54, 1.807) is 12.1 Å². The van der Waals surface area contributed by atoms with Crippen LogP contribution in [0.3, 0.4) is 0 Å². The molecule has 0 bridgehead atoms. The van der Waals surface area contributed by atoms with Gasteiger partial charge in [-0.1, -0.05) is 19.1 Å². The van der Waals surface area contributed by atoms with E-state index < -0.39 is 9.84 Å². The van der Waals surface area contributed by atoms with Crippen molar-refractivity contribution in [1.82, 2.24) is 5.32 Å². The average molecular weight is 312 g/mol. The lowest BCUT2D eigenvalue weighted by Gasteiger charge is -2.38. The topological polar surface area (TPSA) is 58.6 Å². The Bertz CT molecular complexity index is 558. The molecule has 1 N–H and O–H groups in total. The number of para-hydroxylation sites is 1. The molecule has 1 saturated heterocycles. The molecule has 6 heteroatoms. The number of hydrogen-bond donors (Lipinski definition) is 1. The third kappa shape index (κ3) is 3.75. The van der Waals surface area contributed by atoms with E-state index in [1.165, 1.54) is 0 Å². The molecule has 0 spiro atoms. The number of sulfone groups is 1. The van der Waals surface area contributed by atoms with Crippen molar-refractivity contribution in [2.45, 2.75) is 24.3 Å². The standard InChI is InChI=1S/C15H24N2O3S/c1-3-10-21(18,19)15-7-5-4-6-14(15)17-8-9-20-12-13(17)11-16-2/h4-7,13,16H,3,8-12H2,1-2H3. The Kier molecular flexibility index (Phi) is 5.61. The van der Waals surface area contributed by atoms with E-state index in [0.29, 0.717) is 31.1 Å². The lowest BCUT2D eigenvalue weighted by molar-refractivity contribution is 0.0941. The Hall–Kier alpha value is -1.11. The van der Waals surface area contributed by atoms with Gasteiger partial charge in [-0.3, -0.25) is 0 Å². The Morgan fingerprint density at radius 3 is 2.86 bits per heavy atom. The normalized spacial score (nSPS) is 19.7. The van der Waals surface area contributed by atoms with E-state index in [-0.39, 0.29) is 11.8 Å². The first-order chi connectivity index (χ1) is 10.1. The Morgan fingerprint density at radius 1 is 1.38 bits per heavy atom. The number of anilines is 1. The molecular weight excluding hydrogens is 288 g/mol.